The van der Waals surface area contributed by atoms with Gasteiger partial charge in [0.1, 0.15) is 0 Å². The zero-order chi connectivity index (χ0) is 8.81. The number of hydrogen-bond acceptors (Lipinski definition) is 1. The molecule has 1 heterocycles. The molecule has 0 aliphatic carbocycles. The van der Waals surface area contributed by atoms with E-state index >= 15 is 0 Å². The van der Waals surface area contributed by atoms with Gasteiger partial charge in [-0.05, 0) is 24.3 Å². The van der Waals surface area contributed by atoms with Crippen LogP contribution >= 0.6 is 11.3 Å². The largest absolute Gasteiger partial charge is 0.149 e. The monoisotopic (exact) mass is 178 g/mol. The molecule has 0 atom stereocenters. The van der Waals surface area contributed by atoms with Crippen LogP contribution in [0.15, 0.2) is 35.7 Å². The Bertz CT molecular complexity index is 285. The summed E-state index contributed by atoms with van der Waals surface area (Å²) in [5.74, 6) is 0. The molecule has 0 bridgehead atoms. The van der Waals surface area contributed by atoms with E-state index in [9.17, 15) is 0 Å². The Morgan fingerprint density at radius 2 is 1.92 bits per heavy atom. The van der Waals surface area contributed by atoms with Crippen LogP contribution in [0.5, 0.6) is 0 Å². The number of hydrogen-bond donors (Lipinski definition) is 0. The van der Waals surface area contributed by atoms with Gasteiger partial charge < -0.3 is 0 Å². The normalized spacial score (nSPS) is 9.17. The van der Waals surface area contributed by atoms with Crippen molar-refractivity contribution < 1.29 is 0 Å². The summed E-state index contributed by atoms with van der Waals surface area (Å²) < 4.78 is 0. The molecule has 0 unspecified atom stereocenters. The average Bonchev–Trinajstić information content (AvgIpc) is 2.17. The summed E-state index contributed by atoms with van der Waals surface area (Å²) in [6.07, 6.45) is 1.11. The SMILES string of the molecule is CCc1ccccccsc1C. The Kier molecular flexibility index (Phi) is 3.81. The smallest absolute Gasteiger partial charge is 0.00458 e. The van der Waals surface area contributed by atoms with Crippen LogP contribution in [-0.2, 0) is 6.42 Å². The molecule has 0 amide bonds. The van der Waals surface area contributed by atoms with Gasteiger partial charge in [-0.1, -0.05) is 37.3 Å². The molecule has 1 aromatic rings. The van der Waals surface area contributed by atoms with Crippen LogP contribution in [0.4, 0.5) is 0 Å². The summed E-state index contributed by atoms with van der Waals surface area (Å²) in [5, 5.41) is 2.12. The molecular weight excluding hydrogens is 164 g/mol. The maximum absolute atomic E-state index is 2.19. The standard InChI is InChI=1S/C11H14S/c1-3-11-8-6-4-5-7-9-12-10(11)2/h4-9H,3H2,1-2H3. The molecule has 0 N–H and O–H groups in total. The summed E-state index contributed by atoms with van der Waals surface area (Å²) in [6, 6.07) is 10.5. The fraction of sp³-hybridized carbons (Fsp3) is 0.273. The lowest BCUT2D eigenvalue weighted by molar-refractivity contribution is 1.13. The first-order valence-corrected chi connectivity index (χ1v) is 5.09. The van der Waals surface area contributed by atoms with E-state index in [4.69, 9.17) is 0 Å². The van der Waals surface area contributed by atoms with Gasteiger partial charge in [0.2, 0.25) is 0 Å². The third-order valence-electron chi connectivity index (χ3n) is 1.79. The molecular formula is C11H14S. The van der Waals surface area contributed by atoms with Crippen molar-refractivity contribution in [2.45, 2.75) is 20.3 Å². The highest BCUT2D eigenvalue weighted by atomic mass is 32.1. The maximum atomic E-state index is 2.19. The van der Waals surface area contributed by atoms with Gasteiger partial charge in [0.05, 0.1) is 0 Å². The second-order valence-electron chi connectivity index (χ2n) is 2.63. The van der Waals surface area contributed by atoms with Crippen LogP contribution < -0.4 is 0 Å². The quantitative estimate of drug-likeness (QED) is 0.614. The molecule has 1 aromatic heterocycles. The van der Waals surface area contributed by atoms with Gasteiger partial charge in [-0.3, -0.25) is 0 Å². The van der Waals surface area contributed by atoms with Gasteiger partial charge in [-0.15, -0.1) is 11.3 Å². The summed E-state index contributed by atoms with van der Waals surface area (Å²) in [5.41, 5.74) is 1.43. The first-order valence-electron chi connectivity index (χ1n) is 4.21. The average molecular weight is 178 g/mol. The van der Waals surface area contributed by atoms with Crippen molar-refractivity contribution in [3.05, 3.63) is 46.2 Å². The highest BCUT2D eigenvalue weighted by Crippen LogP contribution is 2.09. The minimum atomic E-state index is 1.11. The van der Waals surface area contributed by atoms with Crippen molar-refractivity contribution in [3.8, 4) is 0 Å². The second-order valence-corrected chi connectivity index (χ2v) is 3.75. The van der Waals surface area contributed by atoms with E-state index in [1.807, 2.05) is 0 Å². The minimum Gasteiger partial charge on any atom is -0.149 e. The van der Waals surface area contributed by atoms with Gasteiger partial charge in [-0.2, -0.15) is 0 Å². The van der Waals surface area contributed by atoms with Crippen molar-refractivity contribution in [1.29, 1.82) is 0 Å². The molecule has 0 aliphatic heterocycles. The molecule has 64 valence electrons. The van der Waals surface area contributed by atoms with Crippen molar-refractivity contribution >= 4 is 11.3 Å². The molecule has 1 heteroatoms. The zero-order valence-corrected chi connectivity index (χ0v) is 8.40. The zero-order valence-electron chi connectivity index (χ0n) is 7.58. The van der Waals surface area contributed by atoms with Gasteiger partial charge in [0.15, 0.2) is 0 Å². The topological polar surface area (TPSA) is 0 Å². The first kappa shape index (κ1) is 9.27. The molecule has 0 saturated carbocycles. The Balaban J connectivity index is 3.24. The Labute approximate surface area is 78.2 Å². The fourth-order valence-electron chi connectivity index (χ4n) is 1.05. The van der Waals surface area contributed by atoms with Crippen LogP contribution in [0.1, 0.15) is 17.4 Å². The van der Waals surface area contributed by atoms with Gasteiger partial charge in [-0.25, -0.2) is 0 Å². The van der Waals surface area contributed by atoms with Crippen LogP contribution in [0.2, 0.25) is 0 Å². The number of rotatable bonds is 1. The van der Waals surface area contributed by atoms with E-state index in [0.29, 0.717) is 0 Å². The van der Waals surface area contributed by atoms with Crippen molar-refractivity contribution in [3.63, 3.8) is 0 Å². The summed E-state index contributed by atoms with van der Waals surface area (Å²) >= 11 is 1.79. The molecule has 0 aromatic carbocycles. The van der Waals surface area contributed by atoms with E-state index in [2.05, 4.69) is 49.6 Å². The van der Waals surface area contributed by atoms with E-state index in [0.717, 1.165) is 6.42 Å². The number of aryl methyl sites for hydroxylation is 2. The molecule has 0 nitrogen and oxygen atoms in total. The predicted molar refractivity (Wildman–Crippen MR) is 56.1 cm³/mol. The van der Waals surface area contributed by atoms with E-state index < -0.39 is 0 Å². The molecule has 0 fully saturated rings. The molecule has 0 radical (unpaired) electrons. The summed E-state index contributed by atoms with van der Waals surface area (Å²) in [4.78, 5) is 1.40. The lowest BCUT2D eigenvalue weighted by atomic mass is 10.2. The molecule has 1 rings (SSSR count). The van der Waals surface area contributed by atoms with Crippen molar-refractivity contribution in [2.24, 2.45) is 0 Å². The van der Waals surface area contributed by atoms with Gasteiger partial charge in [0.25, 0.3) is 0 Å². The third kappa shape index (κ3) is 2.67. The third-order valence-corrected chi connectivity index (χ3v) is 2.70. The maximum Gasteiger partial charge on any atom is 0.00458 e. The molecule has 0 aliphatic rings. The Morgan fingerprint density at radius 1 is 1.17 bits per heavy atom. The highest BCUT2D eigenvalue weighted by Gasteiger charge is 1.88. The van der Waals surface area contributed by atoms with Crippen molar-refractivity contribution in [1.82, 2.24) is 0 Å². The van der Waals surface area contributed by atoms with Crippen LogP contribution in [-0.4, -0.2) is 0 Å². The molecule has 12 heavy (non-hydrogen) atoms. The Hall–Kier alpha value is -0.820. The molecule has 0 spiro atoms. The van der Waals surface area contributed by atoms with E-state index in [-0.39, 0.29) is 0 Å². The minimum absolute atomic E-state index is 1.11. The lowest BCUT2D eigenvalue weighted by Gasteiger charge is -1.94. The second kappa shape index (κ2) is 4.94. The van der Waals surface area contributed by atoms with E-state index in [1.54, 1.807) is 11.3 Å². The summed E-state index contributed by atoms with van der Waals surface area (Å²) in [7, 11) is 0. The first-order chi connectivity index (χ1) is 5.84. The highest BCUT2D eigenvalue weighted by molar-refractivity contribution is 7.09. The van der Waals surface area contributed by atoms with Crippen LogP contribution in [0.25, 0.3) is 0 Å². The predicted octanol–water partition coefficient (Wildman–Crippen LogP) is 3.74. The fourth-order valence-corrected chi connectivity index (χ4v) is 1.78. The molecule has 0 saturated heterocycles. The lowest BCUT2D eigenvalue weighted by Crippen LogP contribution is -1.78. The Morgan fingerprint density at radius 3 is 2.67 bits per heavy atom. The van der Waals surface area contributed by atoms with Gasteiger partial charge in [0, 0.05) is 4.88 Å². The van der Waals surface area contributed by atoms with Gasteiger partial charge >= 0.3 is 0 Å². The van der Waals surface area contributed by atoms with E-state index in [1.165, 1.54) is 10.4 Å². The van der Waals surface area contributed by atoms with Crippen LogP contribution in [0.3, 0.4) is 0 Å². The van der Waals surface area contributed by atoms with Crippen molar-refractivity contribution in [2.75, 3.05) is 0 Å². The summed E-state index contributed by atoms with van der Waals surface area (Å²) in [6.45, 7) is 4.36. The van der Waals surface area contributed by atoms with Crippen LogP contribution in [0, 0.1) is 6.92 Å².